The molecule has 9 nitrogen and oxygen atoms in total. The average molecular weight is 528 g/mol. The van der Waals surface area contributed by atoms with E-state index in [1.54, 1.807) is 32.4 Å². The molecule has 2 aliphatic carbocycles. The number of ether oxygens (including phenoxy) is 2. The highest BCUT2D eigenvalue weighted by atomic mass is 16.5. The predicted octanol–water partition coefficient (Wildman–Crippen LogP) is 5.10. The Morgan fingerprint density at radius 1 is 1.10 bits per heavy atom. The second-order valence-corrected chi connectivity index (χ2v) is 10.8. The maximum atomic E-state index is 13.5. The first-order valence-electron chi connectivity index (χ1n) is 13.5. The molecule has 39 heavy (non-hydrogen) atoms. The van der Waals surface area contributed by atoms with Gasteiger partial charge in [-0.3, -0.25) is 14.6 Å². The number of aryl methyl sites for hydroxylation is 1. The number of carbonyl (C=O) groups excluding carboxylic acids is 1. The van der Waals surface area contributed by atoms with E-state index in [2.05, 4.69) is 10.3 Å². The van der Waals surface area contributed by atoms with Crippen molar-refractivity contribution in [2.45, 2.75) is 57.6 Å². The van der Waals surface area contributed by atoms with E-state index in [4.69, 9.17) is 14.5 Å². The van der Waals surface area contributed by atoms with Gasteiger partial charge in [-0.1, -0.05) is 0 Å². The summed E-state index contributed by atoms with van der Waals surface area (Å²) in [5.74, 6) is 2.77. The molecule has 3 aromatic heterocycles. The third-order valence-corrected chi connectivity index (χ3v) is 7.79. The number of ketones is 1. The standard InChI is InChI=1S/C30H33N5O4/c1-18(36)12-22-14-24(10-11-31-22)39-23-7-8-25-27(15-23)34(2)30(32-25)33-26-13-21(19-4-5-19)17-35(29(26)37)16-20-6-9-28(20)38-3/h7-8,10-11,13-15,17,19-20,28H,4-6,9,12,16H2,1-3H3,(H,32,33)/t20-,28-/m1/s1. The van der Waals surface area contributed by atoms with Crippen LogP contribution in [0.2, 0.25) is 0 Å². The number of hydrogen-bond donors (Lipinski definition) is 1. The van der Waals surface area contributed by atoms with E-state index in [9.17, 15) is 9.59 Å². The van der Waals surface area contributed by atoms with Crippen LogP contribution in [0.25, 0.3) is 11.0 Å². The number of rotatable bonds is 10. The Bertz CT molecular complexity index is 1600. The summed E-state index contributed by atoms with van der Waals surface area (Å²) < 4.78 is 15.4. The fourth-order valence-corrected chi connectivity index (χ4v) is 5.31. The summed E-state index contributed by atoms with van der Waals surface area (Å²) in [6.45, 7) is 2.21. The predicted molar refractivity (Wildman–Crippen MR) is 149 cm³/mol. The minimum Gasteiger partial charge on any atom is -0.457 e. The van der Waals surface area contributed by atoms with Crippen LogP contribution in [0.1, 0.15) is 49.8 Å². The van der Waals surface area contributed by atoms with E-state index in [0.717, 1.165) is 36.7 Å². The van der Waals surface area contributed by atoms with E-state index < -0.39 is 0 Å². The number of anilines is 2. The number of nitrogens with zero attached hydrogens (tertiary/aromatic N) is 4. The summed E-state index contributed by atoms with van der Waals surface area (Å²) >= 11 is 0. The van der Waals surface area contributed by atoms with Crippen molar-refractivity contribution in [2.24, 2.45) is 13.0 Å². The third-order valence-electron chi connectivity index (χ3n) is 7.79. The minimum absolute atomic E-state index is 0.0451. The number of methoxy groups -OCH3 is 1. The van der Waals surface area contributed by atoms with E-state index in [1.807, 2.05) is 46.6 Å². The quantitative estimate of drug-likeness (QED) is 0.306. The molecule has 0 radical (unpaired) electrons. The summed E-state index contributed by atoms with van der Waals surface area (Å²) in [5.41, 5.74) is 4.01. The molecular weight excluding hydrogens is 494 g/mol. The topological polar surface area (TPSA) is 100 Å². The van der Waals surface area contributed by atoms with Crippen LogP contribution in [0.5, 0.6) is 11.5 Å². The van der Waals surface area contributed by atoms with Crippen LogP contribution in [0.3, 0.4) is 0 Å². The molecule has 0 bridgehead atoms. The molecule has 0 spiro atoms. The monoisotopic (exact) mass is 527 g/mol. The van der Waals surface area contributed by atoms with Gasteiger partial charge in [0.2, 0.25) is 5.95 Å². The van der Waals surface area contributed by atoms with Crippen LogP contribution in [-0.4, -0.2) is 38.1 Å². The zero-order valence-corrected chi connectivity index (χ0v) is 22.5. The molecule has 2 saturated carbocycles. The molecule has 0 unspecified atom stereocenters. The van der Waals surface area contributed by atoms with Gasteiger partial charge in [0, 0.05) is 57.6 Å². The SMILES string of the molecule is CO[C@@H]1CC[C@@H]1Cn1cc(C2CC2)cc(Nc2nc3ccc(Oc4ccnc(CC(C)=O)c4)cc3n2C)c1=O. The lowest BCUT2D eigenvalue weighted by molar-refractivity contribution is -0.116. The number of aromatic nitrogens is 4. The van der Waals surface area contributed by atoms with Gasteiger partial charge in [-0.15, -0.1) is 0 Å². The molecule has 2 fully saturated rings. The Balaban J connectivity index is 1.27. The average Bonchev–Trinajstić information content (AvgIpc) is 3.69. The maximum absolute atomic E-state index is 13.5. The van der Waals surface area contributed by atoms with Gasteiger partial charge in [-0.2, -0.15) is 0 Å². The first-order chi connectivity index (χ1) is 18.9. The summed E-state index contributed by atoms with van der Waals surface area (Å²) in [4.78, 5) is 34.0. The number of hydrogen-bond acceptors (Lipinski definition) is 7. The number of Topliss-reactive ketones (excluding diaryl/α,β-unsaturated/α-hetero) is 1. The lowest BCUT2D eigenvalue weighted by Gasteiger charge is -2.35. The zero-order chi connectivity index (χ0) is 27.1. The molecule has 2 aliphatic rings. The third kappa shape index (κ3) is 5.31. The maximum Gasteiger partial charge on any atom is 0.274 e. The molecule has 9 heteroatoms. The molecule has 1 aromatic carbocycles. The number of pyridine rings is 2. The molecule has 0 amide bonds. The number of nitrogens with one attached hydrogen (secondary N) is 1. The summed E-state index contributed by atoms with van der Waals surface area (Å²) in [6.07, 6.45) is 8.61. The highest BCUT2D eigenvalue weighted by Crippen LogP contribution is 2.41. The largest absolute Gasteiger partial charge is 0.457 e. The van der Waals surface area contributed by atoms with Crippen LogP contribution < -0.4 is 15.6 Å². The highest BCUT2D eigenvalue weighted by Gasteiger charge is 2.32. The molecule has 4 aromatic rings. The molecule has 202 valence electrons. The summed E-state index contributed by atoms with van der Waals surface area (Å²) in [6, 6.07) is 11.2. The summed E-state index contributed by atoms with van der Waals surface area (Å²) in [5, 5.41) is 3.33. The molecule has 0 aliphatic heterocycles. The molecule has 3 heterocycles. The van der Waals surface area contributed by atoms with Crippen molar-refractivity contribution in [1.29, 1.82) is 0 Å². The van der Waals surface area contributed by atoms with Crippen molar-refractivity contribution >= 4 is 28.5 Å². The molecule has 0 saturated heterocycles. The van der Waals surface area contributed by atoms with Gasteiger partial charge >= 0.3 is 0 Å². The van der Waals surface area contributed by atoms with Crippen LogP contribution in [0.15, 0.2) is 53.6 Å². The fourth-order valence-electron chi connectivity index (χ4n) is 5.31. The molecule has 6 rings (SSSR count). The van der Waals surface area contributed by atoms with E-state index >= 15 is 0 Å². The highest BCUT2D eigenvalue weighted by molar-refractivity contribution is 5.81. The lowest BCUT2D eigenvalue weighted by atomic mass is 9.81. The van der Waals surface area contributed by atoms with Crippen molar-refractivity contribution in [2.75, 3.05) is 12.4 Å². The second-order valence-electron chi connectivity index (χ2n) is 10.8. The minimum atomic E-state index is -0.0451. The van der Waals surface area contributed by atoms with Gasteiger partial charge in [0.15, 0.2) is 0 Å². The Hall–Kier alpha value is -3.98. The number of carbonyl (C=O) groups is 1. The first kappa shape index (κ1) is 25.3. The first-order valence-corrected chi connectivity index (χ1v) is 13.5. The van der Waals surface area contributed by atoms with Gasteiger partial charge in [-0.25, -0.2) is 4.98 Å². The summed E-state index contributed by atoms with van der Waals surface area (Å²) in [7, 11) is 3.66. The van der Waals surface area contributed by atoms with Crippen LogP contribution in [0, 0.1) is 5.92 Å². The fraction of sp³-hybridized carbons (Fsp3) is 0.400. The Labute approximate surface area is 226 Å². The molecule has 1 N–H and O–H groups in total. The van der Waals surface area contributed by atoms with Crippen LogP contribution in [0.4, 0.5) is 11.6 Å². The van der Waals surface area contributed by atoms with Crippen molar-refractivity contribution in [3.05, 3.63) is 70.4 Å². The van der Waals surface area contributed by atoms with E-state index in [-0.39, 0.29) is 23.9 Å². The van der Waals surface area contributed by atoms with Crippen LogP contribution >= 0.6 is 0 Å². The molecule has 2 atom stereocenters. The van der Waals surface area contributed by atoms with Gasteiger partial charge in [0.1, 0.15) is 23.0 Å². The van der Waals surface area contributed by atoms with Gasteiger partial charge < -0.3 is 23.9 Å². The smallest absolute Gasteiger partial charge is 0.274 e. The van der Waals surface area contributed by atoms with E-state index in [1.165, 1.54) is 5.56 Å². The van der Waals surface area contributed by atoms with Crippen molar-refractivity contribution in [1.82, 2.24) is 19.1 Å². The number of fused-ring (bicyclic) bond motifs is 1. The van der Waals surface area contributed by atoms with Gasteiger partial charge in [0.05, 0.1) is 22.8 Å². The molecular formula is C30H33N5O4. The number of imidazole rings is 1. The Kier molecular flexibility index (Phi) is 6.68. The van der Waals surface area contributed by atoms with Crippen LogP contribution in [-0.2, 0) is 29.5 Å². The normalized spacial score (nSPS) is 18.6. The van der Waals surface area contributed by atoms with Crippen molar-refractivity contribution < 1.29 is 14.3 Å². The Morgan fingerprint density at radius 2 is 1.92 bits per heavy atom. The zero-order valence-electron chi connectivity index (χ0n) is 22.5. The van der Waals surface area contributed by atoms with E-state index in [0.29, 0.717) is 47.2 Å². The lowest BCUT2D eigenvalue weighted by Crippen LogP contribution is -2.38. The van der Waals surface area contributed by atoms with Gasteiger partial charge in [0.25, 0.3) is 5.56 Å². The van der Waals surface area contributed by atoms with Crippen molar-refractivity contribution in [3.8, 4) is 11.5 Å². The van der Waals surface area contributed by atoms with Gasteiger partial charge in [-0.05, 0) is 68.4 Å². The Morgan fingerprint density at radius 3 is 2.64 bits per heavy atom. The van der Waals surface area contributed by atoms with Crippen molar-refractivity contribution in [3.63, 3.8) is 0 Å². The number of benzene rings is 1. The second kappa shape index (κ2) is 10.3.